The smallest absolute Gasteiger partial charge is 0.341 e. The number of ether oxygens (including phenoxy) is 8. The molecule has 0 radical (unpaired) electrons. The number of rotatable bonds is 4. The van der Waals surface area contributed by atoms with E-state index < -0.39 is 23.9 Å². The lowest BCUT2D eigenvalue weighted by Crippen LogP contribution is -2.10. The molecule has 0 spiro atoms. The highest BCUT2D eigenvalue weighted by molar-refractivity contribution is 5.94. The van der Waals surface area contributed by atoms with E-state index in [0.29, 0.717) is 110 Å². The molecule has 0 unspecified atom stereocenters. The molecule has 0 aromatic heterocycles. The number of benzene rings is 4. The molecular formula is C44H48O12. The lowest BCUT2D eigenvalue weighted by Gasteiger charge is -2.15. The molecule has 4 aromatic rings. The van der Waals surface area contributed by atoms with Gasteiger partial charge in [0.1, 0.15) is 45.3 Å². The van der Waals surface area contributed by atoms with Crippen LogP contribution in [0.4, 0.5) is 0 Å². The van der Waals surface area contributed by atoms with Crippen LogP contribution >= 0.6 is 0 Å². The maximum atomic E-state index is 12.8. The van der Waals surface area contributed by atoms with Crippen molar-refractivity contribution in [3.05, 3.63) is 117 Å². The van der Waals surface area contributed by atoms with Crippen molar-refractivity contribution < 1.29 is 57.1 Å². The minimum atomic E-state index is -0.519. The van der Waals surface area contributed by atoms with E-state index in [0.717, 1.165) is 35.1 Å². The number of hydrogen-bond donors (Lipinski definition) is 0. The van der Waals surface area contributed by atoms with Crippen LogP contribution in [0.15, 0.2) is 72.8 Å². The van der Waals surface area contributed by atoms with Crippen LogP contribution in [0.3, 0.4) is 0 Å². The summed E-state index contributed by atoms with van der Waals surface area (Å²) in [4.78, 5) is 51.0. The first-order valence-corrected chi connectivity index (χ1v) is 18.6. The van der Waals surface area contributed by atoms with E-state index in [2.05, 4.69) is 0 Å². The Bertz CT molecular complexity index is 1720. The number of carbonyl (C=O) groups excluding carboxylic acids is 4. The van der Waals surface area contributed by atoms with Crippen LogP contribution in [0.2, 0.25) is 0 Å². The number of esters is 4. The second-order valence-electron chi connectivity index (χ2n) is 13.2. The van der Waals surface area contributed by atoms with Gasteiger partial charge in [-0.1, -0.05) is 24.3 Å². The van der Waals surface area contributed by atoms with Crippen molar-refractivity contribution in [2.24, 2.45) is 0 Å². The highest BCUT2D eigenvalue weighted by Gasteiger charge is 2.19. The average molecular weight is 769 g/mol. The third-order valence-electron chi connectivity index (χ3n) is 9.22. The third-order valence-corrected chi connectivity index (χ3v) is 9.22. The maximum absolute atomic E-state index is 12.8. The zero-order valence-corrected chi connectivity index (χ0v) is 32.3. The van der Waals surface area contributed by atoms with Crippen LogP contribution in [0.25, 0.3) is 0 Å². The van der Waals surface area contributed by atoms with E-state index in [-0.39, 0.29) is 0 Å². The Kier molecular flexibility index (Phi) is 15.1. The van der Waals surface area contributed by atoms with E-state index in [1.807, 2.05) is 24.3 Å². The molecule has 10 heterocycles. The molecule has 14 rings (SSSR count). The summed E-state index contributed by atoms with van der Waals surface area (Å²) in [6.07, 6.45) is 5.15. The largest absolute Gasteiger partial charge is 0.493 e. The van der Waals surface area contributed by atoms with Gasteiger partial charge in [0.05, 0.1) is 54.9 Å². The van der Waals surface area contributed by atoms with Crippen LogP contribution in [0, 0.1) is 0 Å². The molecule has 0 aliphatic carbocycles. The summed E-state index contributed by atoms with van der Waals surface area (Å²) in [5.41, 5.74) is 4.50. The van der Waals surface area contributed by atoms with Crippen LogP contribution in [-0.2, 0) is 31.8 Å². The Balaban J connectivity index is 1.36. The van der Waals surface area contributed by atoms with Gasteiger partial charge in [0.2, 0.25) is 0 Å². The van der Waals surface area contributed by atoms with Crippen LogP contribution in [0.1, 0.15) is 102 Å². The van der Waals surface area contributed by atoms with Crippen molar-refractivity contribution in [2.45, 2.75) is 51.4 Å². The highest BCUT2D eigenvalue weighted by atomic mass is 16.5. The fourth-order valence-electron chi connectivity index (χ4n) is 6.29. The lowest BCUT2D eigenvalue weighted by molar-refractivity contribution is 0.0586. The summed E-state index contributed by atoms with van der Waals surface area (Å²) in [6.45, 7) is 1.45. The van der Waals surface area contributed by atoms with Crippen molar-refractivity contribution >= 4 is 23.9 Å². The molecule has 0 fully saturated rings. The SMILES string of the molecule is COC(=O)c1cc2ccc1OCCCCCOc1ccc(cc1C(=O)OC)Cc1ccc(c(C(=O)OC)c1)OCCCCCOc1ccc(cc1C(=O)OC)C2. The molecule has 8 bridgehead atoms. The Morgan fingerprint density at radius 3 is 0.821 bits per heavy atom. The molecule has 12 heteroatoms. The summed E-state index contributed by atoms with van der Waals surface area (Å²) in [6, 6.07) is 21.4. The minimum Gasteiger partial charge on any atom is -0.493 e. The monoisotopic (exact) mass is 768 g/mol. The van der Waals surface area contributed by atoms with Gasteiger partial charge in [-0.25, -0.2) is 19.2 Å². The molecule has 0 atom stereocenters. The predicted molar refractivity (Wildman–Crippen MR) is 206 cm³/mol. The van der Waals surface area contributed by atoms with E-state index in [1.165, 1.54) is 28.4 Å². The van der Waals surface area contributed by atoms with Gasteiger partial charge in [-0.05, 0) is 122 Å². The topological polar surface area (TPSA) is 142 Å². The first kappa shape index (κ1) is 41.1. The fourth-order valence-corrected chi connectivity index (χ4v) is 6.29. The quantitative estimate of drug-likeness (QED) is 0.149. The molecule has 296 valence electrons. The summed E-state index contributed by atoms with van der Waals surface area (Å²) < 4.78 is 44.3. The van der Waals surface area contributed by atoms with E-state index in [9.17, 15) is 19.2 Å². The Labute approximate surface area is 326 Å². The van der Waals surface area contributed by atoms with Crippen molar-refractivity contribution in [3.8, 4) is 23.0 Å². The van der Waals surface area contributed by atoms with Gasteiger partial charge in [0.15, 0.2) is 0 Å². The fraction of sp³-hybridized carbons (Fsp3) is 0.364. The van der Waals surface area contributed by atoms with Crippen LogP contribution in [0.5, 0.6) is 23.0 Å². The van der Waals surface area contributed by atoms with Crippen molar-refractivity contribution in [1.82, 2.24) is 0 Å². The Hall–Kier alpha value is -6.04. The molecule has 12 nitrogen and oxygen atoms in total. The molecular weight excluding hydrogens is 720 g/mol. The molecule has 10 aliphatic rings. The third kappa shape index (κ3) is 11.0. The van der Waals surface area contributed by atoms with Gasteiger partial charge in [-0.2, -0.15) is 0 Å². The van der Waals surface area contributed by atoms with Crippen molar-refractivity contribution in [1.29, 1.82) is 0 Å². The molecule has 0 amide bonds. The first-order chi connectivity index (χ1) is 27.2. The van der Waals surface area contributed by atoms with Gasteiger partial charge in [-0.15, -0.1) is 0 Å². The molecule has 4 aromatic carbocycles. The molecule has 0 saturated heterocycles. The standard InChI is InChI=1S/C44H48O12/c1-49-41(45)33-25-29-11-15-37(33)53-19-7-5-8-20-54-39-17-13-31(27-35(39)43(47)51-3)24-32-14-18-40(36(28-32)44(48)52-4)56-22-10-6-9-21-55-38-16-12-30(23-29)26-34(38)42(46)50-2/h11-18,25-28H,5-10,19-24H2,1-4H3. The predicted octanol–water partition coefficient (Wildman–Crippen LogP) is 7.58. The lowest BCUT2D eigenvalue weighted by atomic mass is 10.00. The molecule has 10 aliphatic heterocycles. The van der Waals surface area contributed by atoms with E-state index in [4.69, 9.17) is 37.9 Å². The average Bonchev–Trinajstić information content (AvgIpc) is 3.22. The van der Waals surface area contributed by atoms with Gasteiger partial charge < -0.3 is 37.9 Å². The highest BCUT2D eigenvalue weighted by Crippen LogP contribution is 2.29. The number of carbonyl (C=O) groups is 4. The van der Waals surface area contributed by atoms with E-state index >= 15 is 0 Å². The summed E-state index contributed by atoms with van der Waals surface area (Å²) in [5.74, 6) is -0.434. The van der Waals surface area contributed by atoms with Gasteiger partial charge in [0.25, 0.3) is 0 Å². The van der Waals surface area contributed by atoms with Gasteiger partial charge in [-0.3, -0.25) is 0 Å². The maximum Gasteiger partial charge on any atom is 0.341 e. The van der Waals surface area contributed by atoms with Gasteiger partial charge in [0, 0.05) is 0 Å². The minimum absolute atomic E-state index is 0.303. The van der Waals surface area contributed by atoms with E-state index in [1.54, 1.807) is 48.5 Å². The summed E-state index contributed by atoms with van der Waals surface area (Å²) >= 11 is 0. The number of methoxy groups -OCH3 is 4. The summed E-state index contributed by atoms with van der Waals surface area (Å²) in [5, 5.41) is 0. The van der Waals surface area contributed by atoms with Crippen LogP contribution in [-0.4, -0.2) is 78.7 Å². The Morgan fingerprint density at radius 2 is 0.607 bits per heavy atom. The molecule has 0 saturated carbocycles. The second kappa shape index (κ2) is 20.6. The Morgan fingerprint density at radius 1 is 0.375 bits per heavy atom. The normalized spacial score (nSPS) is 14.1. The zero-order valence-electron chi connectivity index (χ0n) is 32.3. The summed E-state index contributed by atoms with van der Waals surface area (Å²) in [7, 11) is 5.29. The number of hydrogen-bond acceptors (Lipinski definition) is 12. The van der Waals surface area contributed by atoms with Crippen LogP contribution < -0.4 is 18.9 Å². The molecule has 0 N–H and O–H groups in total. The van der Waals surface area contributed by atoms with Crippen molar-refractivity contribution in [2.75, 3.05) is 54.9 Å². The second-order valence-corrected chi connectivity index (χ2v) is 13.2. The zero-order chi connectivity index (χ0) is 39.9. The van der Waals surface area contributed by atoms with Crippen molar-refractivity contribution in [3.63, 3.8) is 0 Å². The molecule has 56 heavy (non-hydrogen) atoms. The first-order valence-electron chi connectivity index (χ1n) is 18.6. The van der Waals surface area contributed by atoms with Gasteiger partial charge >= 0.3 is 23.9 Å².